The van der Waals surface area contributed by atoms with Gasteiger partial charge in [-0.25, -0.2) is 4.79 Å². The Labute approximate surface area is 147 Å². The zero-order valence-electron chi connectivity index (χ0n) is 11.1. The van der Waals surface area contributed by atoms with E-state index in [1.165, 1.54) is 41.2 Å². The minimum atomic E-state index is -2.99. The highest BCUT2D eigenvalue weighted by Crippen LogP contribution is 2.28. The minimum Gasteiger partial charge on any atom is -0.460 e. The number of ketones is 1. The first-order valence-corrected chi connectivity index (χ1v) is 7.52. The van der Waals surface area contributed by atoms with E-state index in [9.17, 15) is 18.4 Å². The first-order valence-electron chi connectivity index (χ1n) is 5.84. The molecule has 1 aromatic rings. The Morgan fingerprint density at radius 2 is 2.05 bits per heavy atom. The Kier molecular flexibility index (Phi) is 7.73. The Bertz CT molecular complexity index is 592. The smallest absolute Gasteiger partial charge is 0.387 e. The first kappa shape index (κ1) is 18.8. The predicted octanol–water partition coefficient (Wildman–Crippen LogP) is 3.89. The average molecular weight is 491 g/mol. The maximum Gasteiger partial charge on any atom is 0.387 e. The van der Waals surface area contributed by atoms with Gasteiger partial charge in [0.05, 0.1) is 6.61 Å². The molecular formula is C13H10BrF2IO5. The highest BCUT2D eigenvalue weighted by Gasteiger charge is 2.16. The van der Waals surface area contributed by atoms with Crippen LogP contribution < -0.4 is 4.74 Å². The Morgan fingerprint density at radius 3 is 2.59 bits per heavy atom. The molecule has 22 heavy (non-hydrogen) atoms. The molecule has 0 heterocycles. The molecule has 0 aromatic heterocycles. The third-order valence-corrected chi connectivity index (χ3v) is 3.14. The summed E-state index contributed by atoms with van der Waals surface area (Å²) in [6.07, 6.45) is 0.915. The zero-order valence-corrected chi connectivity index (χ0v) is 14.9. The summed E-state index contributed by atoms with van der Waals surface area (Å²) in [6, 6.07) is 4.09. The highest BCUT2D eigenvalue weighted by atomic mass is 127. The lowest BCUT2D eigenvalue weighted by Crippen LogP contribution is -2.15. The lowest BCUT2D eigenvalue weighted by Gasteiger charge is -2.09. The van der Waals surface area contributed by atoms with Crippen LogP contribution in [0.25, 0.3) is 5.76 Å². The van der Waals surface area contributed by atoms with Crippen LogP contribution in [0.1, 0.15) is 12.5 Å². The molecule has 1 rings (SSSR count). The molecule has 0 amide bonds. The van der Waals surface area contributed by atoms with Crippen LogP contribution in [0, 0.1) is 0 Å². The van der Waals surface area contributed by atoms with Crippen LogP contribution in [0.15, 0.2) is 28.7 Å². The number of esters is 1. The molecule has 120 valence electrons. The molecule has 0 radical (unpaired) electrons. The summed E-state index contributed by atoms with van der Waals surface area (Å²) in [5, 5.41) is 0. The van der Waals surface area contributed by atoms with E-state index in [4.69, 9.17) is 3.07 Å². The van der Waals surface area contributed by atoms with Crippen LogP contribution >= 0.6 is 38.9 Å². The van der Waals surface area contributed by atoms with Crippen molar-refractivity contribution in [2.75, 3.05) is 6.61 Å². The quantitative estimate of drug-likeness (QED) is 0.191. The minimum absolute atomic E-state index is 0.000862. The summed E-state index contributed by atoms with van der Waals surface area (Å²) >= 11 is 4.64. The molecule has 0 fully saturated rings. The predicted molar refractivity (Wildman–Crippen MR) is 85.5 cm³/mol. The number of carbonyl (C=O) groups is 2. The van der Waals surface area contributed by atoms with Crippen LogP contribution in [0.3, 0.4) is 0 Å². The largest absolute Gasteiger partial charge is 0.460 e. The third-order valence-electron chi connectivity index (χ3n) is 2.20. The van der Waals surface area contributed by atoms with E-state index in [1.54, 1.807) is 6.92 Å². The average Bonchev–Trinajstić information content (AvgIpc) is 2.43. The summed E-state index contributed by atoms with van der Waals surface area (Å²) in [4.78, 5) is 22.9. The van der Waals surface area contributed by atoms with E-state index < -0.39 is 18.4 Å². The van der Waals surface area contributed by atoms with E-state index in [1.807, 2.05) is 0 Å². The van der Waals surface area contributed by atoms with Gasteiger partial charge >= 0.3 is 12.6 Å². The number of benzene rings is 1. The van der Waals surface area contributed by atoms with Crippen molar-refractivity contribution in [2.45, 2.75) is 13.5 Å². The van der Waals surface area contributed by atoms with Crippen molar-refractivity contribution < 1.29 is 30.9 Å². The van der Waals surface area contributed by atoms with E-state index in [2.05, 4.69) is 25.4 Å². The molecule has 0 unspecified atom stereocenters. The molecule has 0 atom stereocenters. The van der Waals surface area contributed by atoms with Gasteiger partial charge in [0.15, 0.2) is 23.0 Å². The van der Waals surface area contributed by atoms with Crippen molar-refractivity contribution in [3.63, 3.8) is 0 Å². The Balaban J connectivity index is 3.11. The summed E-state index contributed by atoms with van der Waals surface area (Å²) in [6.45, 7) is -1.37. The lowest BCUT2D eigenvalue weighted by molar-refractivity contribution is -0.151. The summed E-state index contributed by atoms with van der Waals surface area (Å²) in [5.74, 6) is -2.08. The Morgan fingerprint density at radius 1 is 1.36 bits per heavy atom. The number of halogens is 4. The number of hydrogen-bond donors (Lipinski definition) is 0. The molecule has 9 heteroatoms. The van der Waals surface area contributed by atoms with Crippen LogP contribution in [0.4, 0.5) is 8.78 Å². The molecule has 0 spiro atoms. The fourth-order valence-corrected chi connectivity index (χ4v) is 2.26. The molecule has 0 bridgehead atoms. The first-order chi connectivity index (χ1) is 10.4. The second-order valence-corrected chi connectivity index (χ2v) is 5.08. The van der Waals surface area contributed by atoms with Crippen molar-refractivity contribution in [1.29, 1.82) is 0 Å². The third kappa shape index (κ3) is 5.87. The maximum absolute atomic E-state index is 12.3. The van der Waals surface area contributed by atoms with E-state index >= 15 is 0 Å². The molecule has 0 saturated carbocycles. The number of rotatable bonds is 7. The highest BCUT2D eigenvalue weighted by molar-refractivity contribution is 14.1. The van der Waals surface area contributed by atoms with E-state index in [0.717, 1.165) is 6.08 Å². The van der Waals surface area contributed by atoms with Crippen LogP contribution in [0.5, 0.6) is 5.75 Å². The van der Waals surface area contributed by atoms with Gasteiger partial charge in [0.25, 0.3) is 5.78 Å². The fourth-order valence-electron chi connectivity index (χ4n) is 1.41. The van der Waals surface area contributed by atoms with Gasteiger partial charge in [0, 0.05) is 16.1 Å². The molecule has 0 saturated heterocycles. The molecule has 0 aliphatic rings. The summed E-state index contributed by atoms with van der Waals surface area (Å²) in [5.41, 5.74) is 0.275. The van der Waals surface area contributed by atoms with Crippen LogP contribution in [0.2, 0.25) is 0 Å². The van der Waals surface area contributed by atoms with Gasteiger partial charge in [-0.3, -0.25) is 4.79 Å². The molecule has 1 aromatic carbocycles. The second-order valence-electron chi connectivity index (χ2n) is 3.72. The SMILES string of the molecule is CCOC(=O)C(=O)/C=C(\OI)c1cc(Br)cc(OC(F)F)c1. The van der Waals surface area contributed by atoms with Crippen LogP contribution in [-0.4, -0.2) is 25.0 Å². The van der Waals surface area contributed by atoms with Gasteiger partial charge in [-0.2, -0.15) is 8.78 Å². The fraction of sp³-hybridized carbons (Fsp3) is 0.231. The molecule has 0 N–H and O–H groups in total. The number of alkyl halides is 2. The van der Waals surface area contributed by atoms with Gasteiger partial charge in [0.2, 0.25) is 0 Å². The molecule has 0 aliphatic heterocycles. The van der Waals surface area contributed by atoms with Gasteiger partial charge in [-0.1, -0.05) is 15.9 Å². The van der Waals surface area contributed by atoms with Crippen molar-refractivity contribution in [3.8, 4) is 5.75 Å². The molecule has 5 nitrogen and oxygen atoms in total. The van der Waals surface area contributed by atoms with Crippen molar-refractivity contribution in [1.82, 2.24) is 0 Å². The maximum atomic E-state index is 12.3. The van der Waals surface area contributed by atoms with Crippen LogP contribution in [-0.2, 0) is 17.4 Å². The topological polar surface area (TPSA) is 61.8 Å². The number of hydrogen-bond acceptors (Lipinski definition) is 5. The van der Waals surface area contributed by atoms with Crippen molar-refractivity contribution in [3.05, 3.63) is 34.3 Å². The monoisotopic (exact) mass is 490 g/mol. The number of ether oxygens (including phenoxy) is 2. The van der Waals surface area contributed by atoms with E-state index in [0.29, 0.717) is 4.47 Å². The second kappa shape index (κ2) is 9.03. The normalized spacial score (nSPS) is 11.3. The summed E-state index contributed by atoms with van der Waals surface area (Å²) in [7, 11) is 0. The summed E-state index contributed by atoms with van der Waals surface area (Å²) < 4.78 is 38.8. The molecular weight excluding hydrogens is 481 g/mol. The van der Waals surface area contributed by atoms with Crippen molar-refractivity contribution >= 4 is 56.4 Å². The Hall–Kier alpha value is -1.23. The lowest BCUT2D eigenvalue weighted by atomic mass is 10.1. The standard InChI is InChI=1S/C13H10BrF2IO5/c1-2-20-12(19)10(18)6-11(22-17)7-3-8(14)5-9(4-7)21-13(15)16/h3-6,13H,2H2,1H3/b11-6-. The van der Waals surface area contributed by atoms with E-state index in [-0.39, 0.29) is 23.7 Å². The van der Waals surface area contributed by atoms with Crippen molar-refractivity contribution in [2.24, 2.45) is 0 Å². The van der Waals surface area contributed by atoms with Gasteiger partial charge < -0.3 is 12.5 Å². The molecule has 0 aliphatic carbocycles. The van der Waals surface area contributed by atoms with Gasteiger partial charge in [0.1, 0.15) is 11.5 Å². The zero-order chi connectivity index (χ0) is 16.7. The van der Waals surface area contributed by atoms with Gasteiger partial charge in [-0.15, -0.1) is 0 Å². The number of carbonyl (C=O) groups excluding carboxylic acids is 2. The van der Waals surface area contributed by atoms with Gasteiger partial charge in [-0.05, 0) is 25.1 Å².